The summed E-state index contributed by atoms with van der Waals surface area (Å²) in [5.74, 6) is 1.55. The highest BCUT2D eigenvalue weighted by atomic mass is 16.5. The van der Waals surface area contributed by atoms with Crippen molar-refractivity contribution in [2.24, 2.45) is 5.73 Å². The number of fused-ring (bicyclic) bond motifs is 1. The number of hydrogen-bond donors (Lipinski definition) is 4. The van der Waals surface area contributed by atoms with E-state index in [-0.39, 0.29) is 25.7 Å². The Bertz CT molecular complexity index is 1560. The summed E-state index contributed by atoms with van der Waals surface area (Å²) in [6, 6.07) is 15.5. The number of anilines is 1. The molecule has 4 aromatic rings. The van der Waals surface area contributed by atoms with E-state index in [1.54, 1.807) is 31.2 Å². The van der Waals surface area contributed by atoms with Crippen LogP contribution in [0.5, 0.6) is 17.2 Å². The van der Waals surface area contributed by atoms with Crippen LogP contribution in [-0.2, 0) is 0 Å². The number of ether oxygens (including phenoxy) is 2. The molecule has 5 N–H and O–H groups in total. The Morgan fingerprint density at radius 1 is 1.02 bits per heavy atom. The number of hydrogen-bond acceptors (Lipinski definition) is 8. The highest BCUT2D eigenvalue weighted by molar-refractivity contribution is 6.03. The van der Waals surface area contributed by atoms with Gasteiger partial charge in [0.25, 0.3) is 5.91 Å². The number of aliphatic hydroxyl groups excluding tert-OH is 2. The summed E-state index contributed by atoms with van der Waals surface area (Å²) < 4.78 is 13.2. The van der Waals surface area contributed by atoms with Crippen molar-refractivity contribution in [3.63, 3.8) is 0 Å². The number of rotatable bonds is 10. The Morgan fingerprint density at radius 2 is 1.79 bits per heavy atom. The SMILES string of the molecule is Cc1cc2cc(Oc3ccnc(NC(=O)c4ccc(C5CCN(CCO)CC5)cc4)c3)c(OCCO)cc2n1C(N)=O. The molecule has 2 aromatic carbocycles. The van der Waals surface area contributed by atoms with Gasteiger partial charge in [-0.15, -0.1) is 0 Å². The Hall–Kier alpha value is -4.45. The minimum Gasteiger partial charge on any atom is -0.487 e. The monoisotopic (exact) mass is 573 g/mol. The lowest BCUT2D eigenvalue weighted by molar-refractivity contribution is 0.102. The van der Waals surface area contributed by atoms with Gasteiger partial charge < -0.3 is 35.6 Å². The average Bonchev–Trinajstić information content (AvgIpc) is 3.31. The second-order valence-electron chi connectivity index (χ2n) is 10.3. The fraction of sp³-hybridized carbons (Fsp3) is 0.323. The molecule has 0 aliphatic carbocycles. The van der Waals surface area contributed by atoms with Gasteiger partial charge in [-0.2, -0.15) is 0 Å². The average molecular weight is 574 g/mol. The first-order valence-corrected chi connectivity index (χ1v) is 13.9. The number of benzene rings is 2. The van der Waals surface area contributed by atoms with Gasteiger partial charge in [0.1, 0.15) is 18.2 Å². The number of nitrogens with one attached hydrogen (secondary N) is 1. The smallest absolute Gasteiger partial charge is 0.323 e. The molecule has 0 atom stereocenters. The number of carbonyl (C=O) groups excluding carboxylic acids is 2. The largest absolute Gasteiger partial charge is 0.487 e. The molecule has 1 aliphatic rings. The number of nitrogens with zero attached hydrogens (tertiary/aromatic N) is 3. The van der Waals surface area contributed by atoms with Crippen LogP contribution in [0, 0.1) is 6.92 Å². The zero-order chi connectivity index (χ0) is 29.6. The molecular weight excluding hydrogens is 538 g/mol. The number of aromatic nitrogens is 2. The summed E-state index contributed by atoms with van der Waals surface area (Å²) in [4.78, 5) is 31.5. The first-order chi connectivity index (χ1) is 20.4. The fourth-order valence-corrected chi connectivity index (χ4v) is 5.39. The van der Waals surface area contributed by atoms with Gasteiger partial charge in [-0.05, 0) is 74.7 Å². The van der Waals surface area contributed by atoms with E-state index < -0.39 is 6.03 Å². The lowest BCUT2D eigenvalue weighted by Gasteiger charge is -2.31. The van der Waals surface area contributed by atoms with Crippen molar-refractivity contribution >= 4 is 28.7 Å². The van der Waals surface area contributed by atoms with Gasteiger partial charge in [0.15, 0.2) is 11.5 Å². The van der Waals surface area contributed by atoms with Crippen molar-refractivity contribution in [1.29, 1.82) is 0 Å². The van der Waals surface area contributed by atoms with Crippen LogP contribution in [-0.4, -0.2) is 76.1 Å². The van der Waals surface area contributed by atoms with Crippen molar-refractivity contribution in [3.8, 4) is 17.2 Å². The van der Waals surface area contributed by atoms with E-state index >= 15 is 0 Å². The van der Waals surface area contributed by atoms with Crippen LogP contribution in [0.25, 0.3) is 10.9 Å². The fourth-order valence-electron chi connectivity index (χ4n) is 5.39. The minimum atomic E-state index is -0.618. The molecule has 1 aliphatic heterocycles. The molecule has 11 nitrogen and oxygen atoms in total. The first-order valence-electron chi connectivity index (χ1n) is 13.9. The number of β-amino-alcohol motifs (C(OH)–C–C–N with tert-alkyl or cyclic N) is 1. The van der Waals surface area contributed by atoms with Gasteiger partial charge in [0.2, 0.25) is 0 Å². The highest BCUT2D eigenvalue weighted by Gasteiger charge is 2.21. The normalized spacial score (nSPS) is 14.2. The van der Waals surface area contributed by atoms with Gasteiger partial charge in [0, 0.05) is 41.5 Å². The summed E-state index contributed by atoms with van der Waals surface area (Å²) in [7, 11) is 0. The van der Waals surface area contributed by atoms with Gasteiger partial charge >= 0.3 is 6.03 Å². The van der Waals surface area contributed by atoms with E-state index in [1.165, 1.54) is 16.3 Å². The second-order valence-corrected chi connectivity index (χ2v) is 10.3. The maximum atomic E-state index is 13.0. The van der Waals surface area contributed by atoms with Gasteiger partial charge in [0.05, 0.1) is 18.7 Å². The molecule has 3 heterocycles. The number of piperidine rings is 1. The molecule has 2 aromatic heterocycles. The lowest BCUT2D eigenvalue weighted by atomic mass is 9.89. The standard InChI is InChI=1S/C31H35N5O6/c1-20-16-24-17-28(27(41-15-14-38)19-26(24)36(20)31(32)40)42-25-6-9-33-29(18-25)34-30(39)23-4-2-21(3-5-23)22-7-10-35(11-8-22)12-13-37/h2-6,9,16-19,22,37-38H,7-8,10-15H2,1H3,(H2,32,40)(H,33,34,39). The van der Waals surface area contributed by atoms with Crippen LogP contribution in [0.15, 0.2) is 60.8 Å². The number of pyridine rings is 1. The number of aliphatic hydroxyl groups is 2. The molecule has 0 unspecified atom stereocenters. The van der Waals surface area contributed by atoms with Gasteiger partial charge in [-0.3, -0.25) is 9.36 Å². The highest BCUT2D eigenvalue weighted by Crippen LogP contribution is 2.37. The first kappa shape index (κ1) is 29.1. The van der Waals surface area contributed by atoms with Crippen molar-refractivity contribution < 1.29 is 29.3 Å². The molecule has 220 valence electrons. The van der Waals surface area contributed by atoms with Crippen LogP contribution in [0.1, 0.15) is 40.4 Å². The van der Waals surface area contributed by atoms with Crippen LogP contribution in [0.2, 0.25) is 0 Å². The molecule has 0 saturated carbocycles. The Balaban J connectivity index is 1.29. The van der Waals surface area contributed by atoms with Crippen molar-refractivity contribution in [3.05, 3.63) is 77.6 Å². The van der Waals surface area contributed by atoms with Gasteiger partial charge in [-0.25, -0.2) is 9.78 Å². The number of likely N-dealkylation sites (tertiary alicyclic amines) is 1. The van der Waals surface area contributed by atoms with E-state index in [2.05, 4.69) is 15.2 Å². The predicted octanol–water partition coefficient (Wildman–Crippen LogP) is 3.86. The van der Waals surface area contributed by atoms with Crippen LogP contribution in [0.4, 0.5) is 10.6 Å². The molecule has 0 radical (unpaired) electrons. The van der Waals surface area contributed by atoms with E-state index in [1.807, 2.05) is 30.3 Å². The minimum absolute atomic E-state index is 0.0253. The molecule has 0 spiro atoms. The molecule has 1 fully saturated rings. The molecule has 5 rings (SSSR count). The van der Waals surface area contributed by atoms with E-state index in [9.17, 15) is 14.7 Å². The van der Waals surface area contributed by atoms with Crippen molar-refractivity contribution in [2.45, 2.75) is 25.7 Å². The van der Waals surface area contributed by atoms with Crippen LogP contribution >= 0.6 is 0 Å². The Kier molecular flexibility index (Phi) is 9.01. The predicted molar refractivity (Wildman–Crippen MR) is 158 cm³/mol. The van der Waals surface area contributed by atoms with E-state index in [4.69, 9.17) is 20.3 Å². The maximum Gasteiger partial charge on any atom is 0.323 e. The quantitative estimate of drug-likeness (QED) is 0.223. The number of primary amides is 1. The number of aryl methyl sites for hydroxylation is 1. The number of amides is 2. The van der Waals surface area contributed by atoms with Crippen molar-refractivity contribution in [1.82, 2.24) is 14.5 Å². The number of nitrogens with two attached hydrogens (primary N) is 1. The molecule has 2 amide bonds. The maximum absolute atomic E-state index is 13.0. The van der Waals surface area contributed by atoms with E-state index in [0.29, 0.717) is 52.3 Å². The molecule has 0 bridgehead atoms. The molecule has 11 heteroatoms. The number of carbonyl (C=O) groups is 2. The molecule has 1 saturated heterocycles. The van der Waals surface area contributed by atoms with Gasteiger partial charge in [-0.1, -0.05) is 12.1 Å². The Morgan fingerprint density at radius 3 is 2.48 bits per heavy atom. The summed E-state index contributed by atoms with van der Waals surface area (Å²) in [6.07, 6.45) is 3.58. The summed E-state index contributed by atoms with van der Waals surface area (Å²) in [5.41, 5.74) is 8.50. The topological polar surface area (TPSA) is 152 Å². The van der Waals surface area contributed by atoms with E-state index in [0.717, 1.165) is 31.3 Å². The zero-order valence-corrected chi connectivity index (χ0v) is 23.5. The van der Waals surface area contributed by atoms with Crippen LogP contribution < -0.4 is 20.5 Å². The Labute approximate surface area is 243 Å². The van der Waals surface area contributed by atoms with Crippen LogP contribution in [0.3, 0.4) is 0 Å². The van der Waals surface area contributed by atoms with Crippen molar-refractivity contribution in [2.75, 3.05) is 44.8 Å². The third-order valence-corrected chi connectivity index (χ3v) is 7.47. The molecular formula is C31H35N5O6. The third kappa shape index (κ3) is 6.54. The summed E-state index contributed by atoms with van der Waals surface area (Å²) >= 11 is 0. The zero-order valence-electron chi connectivity index (χ0n) is 23.5. The lowest BCUT2D eigenvalue weighted by Crippen LogP contribution is -2.34. The summed E-state index contributed by atoms with van der Waals surface area (Å²) in [6.45, 7) is 4.40. The molecule has 42 heavy (non-hydrogen) atoms. The second kappa shape index (κ2) is 13.0. The summed E-state index contributed by atoms with van der Waals surface area (Å²) in [5, 5.41) is 22.0. The third-order valence-electron chi connectivity index (χ3n) is 7.47.